The molecule has 1 unspecified atom stereocenters. The second-order valence-electron chi connectivity index (χ2n) is 6.89. The fourth-order valence-electron chi connectivity index (χ4n) is 3.38. The largest absolute Gasteiger partial charge is 0.383 e. The molecule has 6 nitrogen and oxygen atoms in total. The average Bonchev–Trinajstić information content (AvgIpc) is 2.72. The third-order valence-corrected chi connectivity index (χ3v) is 4.90. The fourth-order valence-corrected chi connectivity index (χ4v) is 3.38. The lowest BCUT2D eigenvalue weighted by Crippen LogP contribution is -2.56. The molecule has 6 heteroatoms. The van der Waals surface area contributed by atoms with Gasteiger partial charge < -0.3 is 15.4 Å². The van der Waals surface area contributed by atoms with Gasteiger partial charge in [-0.2, -0.15) is 0 Å². The second-order valence-corrected chi connectivity index (χ2v) is 6.89. The Labute approximate surface area is 165 Å². The molecular weight excluding hydrogens is 354 g/mol. The van der Waals surface area contributed by atoms with Crippen LogP contribution < -0.4 is 10.6 Å². The minimum atomic E-state index is -0.454. The Kier molecular flexibility index (Phi) is 7.17. The molecule has 28 heavy (non-hydrogen) atoms. The first-order valence-electron chi connectivity index (χ1n) is 9.59. The molecule has 1 aliphatic heterocycles. The highest BCUT2D eigenvalue weighted by Gasteiger charge is 2.31. The number of carbonyl (C=O) groups excluding carboxylic acids is 2. The number of hydrogen-bond acceptors (Lipinski definition) is 4. The van der Waals surface area contributed by atoms with Crippen LogP contribution in [0.2, 0.25) is 0 Å². The summed E-state index contributed by atoms with van der Waals surface area (Å²) in [6.07, 6.45) is 0.150. The van der Waals surface area contributed by atoms with E-state index in [2.05, 4.69) is 51.9 Å². The van der Waals surface area contributed by atoms with Gasteiger partial charge in [-0.3, -0.25) is 14.5 Å². The quantitative estimate of drug-likeness (QED) is 0.684. The predicted molar refractivity (Wildman–Crippen MR) is 109 cm³/mol. The van der Waals surface area contributed by atoms with Gasteiger partial charge in [0.05, 0.1) is 19.1 Å². The number of nitrogens with zero attached hydrogens (tertiary/aromatic N) is 1. The summed E-state index contributed by atoms with van der Waals surface area (Å²) in [4.78, 5) is 26.6. The summed E-state index contributed by atoms with van der Waals surface area (Å²) >= 11 is 0. The van der Waals surface area contributed by atoms with E-state index < -0.39 is 6.04 Å². The van der Waals surface area contributed by atoms with Crippen LogP contribution in [0.4, 0.5) is 0 Å². The molecule has 0 aliphatic carbocycles. The second kappa shape index (κ2) is 10.0. The van der Waals surface area contributed by atoms with E-state index in [4.69, 9.17) is 4.74 Å². The normalized spacial score (nSPS) is 17.2. The third-order valence-electron chi connectivity index (χ3n) is 4.90. The number of nitrogens with one attached hydrogen (secondary N) is 2. The first-order chi connectivity index (χ1) is 13.7. The van der Waals surface area contributed by atoms with E-state index >= 15 is 0 Å². The van der Waals surface area contributed by atoms with E-state index in [0.717, 1.165) is 17.7 Å². The van der Waals surface area contributed by atoms with Crippen molar-refractivity contribution >= 4 is 11.8 Å². The molecule has 1 saturated heterocycles. The minimum Gasteiger partial charge on any atom is -0.383 e. The summed E-state index contributed by atoms with van der Waals surface area (Å²) in [6, 6.07) is 18.1. The maximum absolute atomic E-state index is 12.3. The molecule has 0 radical (unpaired) electrons. The number of hydrogen-bond donors (Lipinski definition) is 2. The first-order valence-corrected chi connectivity index (χ1v) is 9.59. The van der Waals surface area contributed by atoms with Crippen LogP contribution in [0.25, 0.3) is 11.1 Å². The predicted octanol–water partition coefficient (Wildman–Crippen LogP) is 1.81. The van der Waals surface area contributed by atoms with Gasteiger partial charge in [-0.25, -0.2) is 0 Å². The summed E-state index contributed by atoms with van der Waals surface area (Å²) in [7, 11) is 1.59. The topological polar surface area (TPSA) is 70.7 Å². The Bertz CT molecular complexity index is 777. The number of carbonyl (C=O) groups is 2. The van der Waals surface area contributed by atoms with E-state index in [1.807, 2.05) is 18.2 Å². The first kappa shape index (κ1) is 20.0. The summed E-state index contributed by atoms with van der Waals surface area (Å²) in [5.74, 6) is -0.224. The number of methoxy groups -OCH3 is 1. The molecule has 148 valence electrons. The van der Waals surface area contributed by atoms with Gasteiger partial charge in [-0.05, 0) is 16.7 Å². The van der Waals surface area contributed by atoms with Crippen molar-refractivity contribution in [2.75, 3.05) is 33.4 Å². The Morgan fingerprint density at radius 1 is 1.14 bits per heavy atom. The Morgan fingerprint density at radius 3 is 2.57 bits per heavy atom. The Balaban J connectivity index is 1.63. The molecule has 0 saturated carbocycles. The molecule has 2 aromatic carbocycles. The molecule has 1 heterocycles. The highest BCUT2D eigenvalue weighted by atomic mass is 16.5. The van der Waals surface area contributed by atoms with Gasteiger partial charge in [0.25, 0.3) is 0 Å². The van der Waals surface area contributed by atoms with Gasteiger partial charge >= 0.3 is 0 Å². The monoisotopic (exact) mass is 381 g/mol. The van der Waals surface area contributed by atoms with Gasteiger partial charge in [0.1, 0.15) is 0 Å². The van der Waals surface area contributed by atoms with E-state index in [-0.39, 0.29) is 18.2 Å². The molecule has 2 amide bonds. The molecule has 2 N–H and O–H groups in total. The van der Waals surface area contributed by atoms with Crippen LogP contribution in [0, 0.1) is 0 Å². The standard InChI is InChI=1S/C22H27N3O3/c1-28-14-12-23-21(26)15-20-22(27)24-11-13-25(20)16-17-7-9-19(10-8-17)18-5-3-2-4-6-18/h2-10,20H,11-16H2,1H3,(H,23,26)(H,24,27). The van der Waals surface area contributed by atoms with E-state index in [9.17, 15) is 9.59 Å². The molecule has 0 spiro atoms. The zero-order valence-electron chi connectivity index (χ0n) is 16.2. The van der Waals surface area contributed by atoms with Crippen molar-refractivity contribution in [2.45, 2.75) is 19.0 Å². The minimum absolute atomic E-state index is 0.0888. The lowest BCUT2D eigenvalue weighted by molar-refractivity contribution is -0.134. The maximum atomic E-state index is 12.3. The van der Waals surface area contributed by atoms with Crippen LogP contribution >= 0.6 is 0 Å². The SMILES string of the molecule is COCCNC(=O)CC1C(=O)NCCN1Cc1ccc(-c2ccccc2)cc1. The average molecular weight is 381 g/mol. The molecule has 3 rings (SSSR count). The lowest BCUT2D eigenvalue weighted by atomic mass is 10.0. The van der Waals surface area contributed by atoms with Crippen LogP contribution in [0.5, 0.6) is 0 Å². The van der Waals surface area contributed by atoms with E-state index in [0.29, 0.717) is 26.2 Å². The van der Waals surface area contributed by atoms with Crippen LogP contribution in [0.1, 0.15) is 12.0 Å². The van der Waals surface area contributed by atoms with Gasteiger partial charge in [-0.1, -0.05) is 54.6 Å². The fraction of sp³-hybridized carbons (Fsp3) is 0.364. The van der Waals surface area contributed by atoms with Gasteiger partial charge in [0.2, 0.25) is 11.8 Å². The van der Waals surface area contributed by atoms with Crippen LogP contribution in [0.15, 0.2) is 54.6 Å². The van der Waals surface area contributed by atoms with E-state index in [1.54, 1.807) is 7.11 Å². The molecule has 0 bridgehead atoms. The Morgan fingerprint density at radius 2 is 1.86 bits per heavy atom. The zero-order chi connectivity index (χ0) is 19.8. The smallest absolute Gasteiger partial charge is 0.237 e. The summed E-state index contributed by atoms with van der Waals surface area (Å²) in [5.41, 5.74) is 3.46. The highest BCUT2D eigenvalue weighted by Crippen LogP contribution is 2.21. The van der Waals surface area contributed by atoms with Crippen molar-refractivity contribution in [1.29, 1.82) is 0 Å². The maximum Gasteiger partial charge on any atom is 0.237 e. The third kappa shape index (κ3) is 5.41. The molecule has 0 aromatic heterocycles. The zero-order valence-corrected chi connectivity index (χ0v) is 16.2. The molecular formula is C22H27N3O3. The number of rotatable bonds is 8. The van der Waals surface area contributed by atoms with E-state index in [1.165, 1.54) is 5.56 Å². The summed E-state index contributed by atoms with van der Waals surface area (Å²) < 4.78 is 4.94. The highest BCUT2D eigenvalue weighted by molar-refractivity contribution is 5.88. The number of amides is 2. The number of ether oxygens (including phenoxy) is 1. The lowest BCUT2D eigenvalue weighted by Gasteiger charge is -2.34. The number of piperazine rings is 1. The summed E-state index contributed by atoms with van der Waals surface area (Å²) in [5, 5.41) is 5.66. The van der Waals surface area contributed by atoms with Gasteiger partial charge in [0.15, 0.2) is 0 Å². The summed E-state index contributed by atoms with van der Waals surface area (Å²) in [6.45, 7) is 2.87. The number of benzene rings is 2. The van der Waals surface area contributed by atoms with Crippen molar-refractivity contribution in [1.82, 2.24) is 15.5 Å². The Hall–Kier alpha value is -2.70. The molecule has 1 aliphatic rings. The van der Waals surface area contributed by atoms with Crippen molar-refractivity contribution in [3.63, 3.8) is 0 Å². The van der Waals surface area contributed by atoms with Crippen LogP contribution in [-0.4, -0.2) is 56.1 Å². The van der Waals surface area contributed by atoms with Crippen molar-refractivity contribution in [2.24, 2.45) is 0 Å². The van der Waals surface area contributed by atoms with Crippen molar-refractivity contribution in [3.8, 4) is 11.1 Å². The van der Waals surface area contributed by atoms with Crippen LogP contribution in [0.3, 0.4) is 0 Å². The van der Waals surface area contributed by atoms with Gasteiger partial charge in [0, 0.05) is 33.3 Å². The molecule has 1 fully saturated rings. The molecule has 2 aromatic rings. The van der Waals surface area contributed by atoms with Gasteiger partial charge in [-0.15, -0.1) is 0 Å². The van der Waals surface area contributed by atoms with Crippen LogP contribution in [-0.2, 0) is 20.9 Å². The molecule has 1 atom stereocenters. The van der Waals surface area contributed by atoms with Crippen molar-refractivity contribution in [3.05, 3.63) is 60.2 Å². The van der Waals surface area contributed by atoms with Crippen molar-refractivity contribution < 1.29 is 14.3 Å².